The molecule has 24 heavy (non-hydrogen) atoms. The Morgan fingerprint density at radius 3 is 2.46 bits per heavy atom. The second kappa shape index (κ2) is 5.76. The number of anilines is 1. The predicted octanol–water partition coefficient (Wildman–Crippen LogP) is 2.49. The Morgan fingerprint density at radius 1 is 1.33 bits per heavy atom. The molecule has 1 unspecified atom stereocenters. The Labute approximate surface area is 135 Å². The van der Waals surface area contributed by atoms with Crippen LogP contribution in [0.25, 0.3) is 0 Å². The van der Waals surface area contributed by atoms with E-state index in [9.17, 15) is 27.5 Å². The van der Waals surface area contributed by atoms with Gasteiger partial charge in [0.05, 0.1) is 13.1 Å². The smallest absolute Gasteiger partial charge is 0.429 e. The number of carbonyl (C=O) groups is 1. The number of amides is 1. The molecule has 0 saturated carbocycles. The molecule has 0 aromatic carbocycles. The molecule has 1 atom stereocenters. The fourth-order valence-electron chi connectivity index (χ4n) is 2.13. The summed E-state index contributed by atoms with van der Waals surface area (Å²) in [4.78, 5) is 15.9. The first-order valence-electron chi connectivity index (χ1n) is 7.02. The van der Waals surface area contributed by atoms with Crippen molar-refractivity contribution in [3.63, 3.8) is 0 Å². The van der Waals surface area contributed by atoms with Crippen molar-refractivity contribution in [2.75, 3.05) is 18.1 Å². The van der Waals surface area contributed by atoms with Crippen LogP contribution in [-0.2, 0) is 4.74 Å². The van der Waals surface area contributed by atoms with Gasteiger partial charge in [-0.2, -0.15) is 13.2 Å². The maximum Gasteiger partial charge on any atom is 0.429 e. The number of ether oxygens (including phenoxy) is 1. The van der Waals surface area contributed by atoms with E-state index in [0.29, 0.717) is 10.0 Å². The molecule has 1 aliphatic heterocycles. The van der Waals surface area contributed by atoms with Gasteiger partial charge in [-0.15, -0.1) is 0 Å². The van der Waals surface area contributed by atoms with Crippen LogP contribution in [0.5, 0.6) is 0 Å². The van der Waals surface area contributed by atoms with Gasteiger partial charge in [0, 0.05) is 6.20 Å². The van der Waals surface area contributed by atoms with Crippen LogP contribution in [-0.4, -0.2) is 51.7 Å². The van der Waals surface area contributed by atoms with Gasteiger partial charge in [0.15, 0.2) is 17.2 Å². The maximum absolute atomic E-state index is 13.9. The zero-order valence-corrected chi connectivity index (χ0v) is 13.3. The highest BCUT2D eigenvalue weighted by atomic mass is 19.4. The second-order valence-electron chi connectivity index (χ2n) is 6.43. The molecule has 0 bridgehead atoms. The highest BCUT2D eigenvalue weighted by molar-refractivity contribution is 5.71. The van der Waals surface area contributed by atoms with Crippen molar-refractivity contribution >= 4 is 11.9 Å². The monoisotopic (exact) mass is 351 g/mol. The number of nitrogens with zero attached hydrogens (tertiary/aromatic N) is 3. The van der Waals surface area contributed by atoms with Crippen LogP contribution in [0, 0.1) is 5.82 Å². The molecule has 0 spiro atoms. The summed E-state index contributed by atoms with van der Waals surface area (Å²) in [5, 5.41) is 11.0. The van der Waals surface area contributed by atoms with E-state index in [1.54, 1.807) is 0 Å². The molecular formula is C14H17F4N3O3. The molecule has 1 N–H and O–H groups in total. The van der Waals surface area contributed by atoms with Crippen molar-refractivity contribution in [1.29, 1.82) is 0 Å². The van der Waals surface area contributed by atoms with Gasteiger partial charge in [-0.25, -0.2) is 19.2 Å². The van der Waals surface area contributed by atoms with Crippen molar-refractivity contribution in [1.82, 2.24) is 9.99 Å². The molecule has 2 rings (SSSR count). The average Bonchev–Trinajstić information content (AvgIpc) is 2.76. The fourth-order valence-corrected chi connectivity index (χ4v) is 2.13. The van der Waals surface area contributed by atoms with E-state index in [2.05, 4.69) is 4.98 Å². The zero-order chi connectivity index (χ0) is 18.3. The van der Waals surface area contributed by atoms with Crippen molar-refractivity contribution in [2.24, 2.45) is 0 Å². The Hall–Kier alpha value is -2.10. The molecule has 134 valence electrons. The number of rotatable bonds is 1. The fraction of sp³-hybridized carbons (Fsp3) is 0.571. The summed E-state index contributed by atoms with van der Waals surface area (Å²) >= 11 is 0. The first-order valence-corrected chi connectivity index (χ1v) is 7.02. The van der Waals surface area contributed by atoms with Crippen molar-refractivity contribution in [3.8, 4) is 0 Å². The summed E-state index contributed by atoms with van der Waals surface area (Å²) in [5.41, 5.74) is -4.21. The van der Waals surface area contributed by atoms with Gasteiger partial charge in [0.2, 0.25) is 0 Å². The van der Waals surface area contributed by atoms with Gasteiger partial charge in [0.1, 0.15) is 5.60 Å². The first kappa shape index (κ1) is 18.2. The predicted molar refractivity (Wildman–Crippen MR) is 75.5 cm³/mol. The van der Waals surface area contributed by atoms with Crippen LogP contribution in [0.3, 0.4) is 0 Å². The minimum Gasteiger partial charge on any atom is -0.442 e. The number of hydrazine groups is 1. The maximum atomic E-state index is 13.9. The lowest BCUT2D eigenvalue weighted by molar-refractivity contribution is -0.248. The van der Waals surface area contributed by atoms with Gasteiger partial charge in [-0.1, -0.05) is 0 Å². The van der Waals surface area contributed by atoms with Gasteiger partial charge >= 0.3 is 12.3 Å². The quantitative estimate of drug-likeness (QED) is 0.788. The number of alkyl halides is 3. The number of β-amino-alcohol motifs (C(OH)–C–C–N with tert-alkyl or cyclic N) is 1. The number of aromatic nitrogens is 1. The number of halogens is 4. The van der Waals surface area contributed by atoms with Crippen molar-refractivity contribution in [3.05, 3.63) is 24.1 Å². The lowest BCUT2D eigenvalue weighted by atomic mass is 10.1. The minimum absolute atomic E-state index is 0.504. The minimum atomic E-state index is -5.02. The van der Waals surface area contributed by atoms with Gasteiger partial charge in [-0.3, -0.25) is 5.01 Å². The summed E-state index contributed by atoms with van der Waals surface area (Å²) in [7, 11) is 0. The van der Waals surface area contributed by atoms with E-state index in [1.165, 1.54) is 26.8 Å². The molecule has 2 heterocycles. The highest BCUT2D eigenvalue weighted by Gasteiger charge is 2.61. The number of hydrogen-bond acceptors (Lipinski definition) is 5. The zero-order valence-electron chi connectivity index (χ0n) is 13.3. The Bertz CT molecular complexity index is 632. The van der Waals surface area contributed by atoms with Gasteiger partial charge in [0.25, 0.3) is 0 Å². The lowest BCUT2D eigenvalue weighted by Gasteiger charge is -2.30. The van der Waals surface area contributed by atoms with Crippen LogP contribution in [0.15, 0.2) is 18.3 Å². The first-order chi connectivity index (χ1) is 10.8. The van der Waals surface area contributed by atoms with Gasteiger partial charge in [-0.05, 0) is 32.9 Å². The van der Waals surface area contributed by atoms with E-state index < -0.39 is 48.2 Å². The molecular weight excluding hydrogens is 334 g/mol. The topological polar surface area (TPSA) is 65.9 Å². The van der Waals surface area contributed by atoms with Crippen LogP contribution >= 0.6 is 0 Å². The molecule has 1 aromatic rings. The Kier molecular flexibility index (Phi) is 4.38. The van der Waals surface area contributed by atoms with Crippen LogP contribution in [0.2, 0.25) is 0 Å². The van der Waals surface area contributed by atoms with Gasteiger partial charge < -0.3 is 9.84 Å². The molecule has 1 saturated heterocycles. The van der Waals surface area contributed by atoms with Crippen molar-refractivity contribution in [2.45, 2.75) is 38.1 Å². The SMILES string of the molecule is CC(C)(C)OC(=O)N1CC(O)(C(F)(F)F)CN1c1ncccc1F. The third kappa shape index (κ3) is 3.53. The summed E-state index contributed by atoms with van der Waals surface area (Å²) in [6.07, 6.45) is -5.00. The molecule has 1 aromatic heterocycles. The third-order valence-electron chi connectivity index (χ3n) is 3.23. The normalized spacial score (nSPS) is 22.0. The van der Waals surface area contributed by atoms with Crippen molar-refractivity contribution < 1.29 is 32.2 Å². The van der Waals surface area contributed by atoms with E-state index >= 15 is 0 Å². The Morgan fingerprint density at radius 2 is 1.96 bits per heavy atom. The summed E-state index contributed by atoms with van der Waals surface area (Å²) in [6, 6.07) is 2.24. The van der Waals surface area contributed by atoms with E-state index in [1.807, 2.05) is 0 Å². The van der Waals surface area contributed by atoms with Crippen LogP contribution < -0.4 is 5.01 Å². The molecule has 0 aliphatic carbocycles. The number of aliphatic hydroxyl groups is 1. The van der Waals surface area contributed by atoms with E-state index in [0.717, 1.165) is 12.3 Å². The molecule has 1 fully saturated rings. The molecule has 10 heteroatoms. The van der Waals surface area contributed by atoms with E-state index in [4.69, 9.17) is 4.74 Å². The van der Waals surface area contributed by atoms with Crippen LogP contribution in [0.4, 0.5) is 28.2 Å². The molecule has 1 aliphatic rings. The summed E-state index contributed by atoms with van der Waals surface area (Å²) < 4.78 is 58.4. The largest absolute Gasteiger partial charge is 0.442 e. The second-order valence-corrected chi connectivity index (χ2v) is 6.43. The number of hydrogen-bond donors (Lipinski definition) is 1. The number of pyridine rings is 1. The molecule has 1 amide bonds. The highest BCUT2D eigenvalue weighted by Crippen LogP contribution is 2.38. The molecule has 6 nitrogen and oxygen atoms in total. The van der Waals surface area contributed by atoms with E-state index in [-0.39, 0.29) is 0 Å². The summed E-state index contributed by atoms with van der Waals surface area (Å²) in [5.74, 6) is -1.44. The average molecular weight is 351 g/mol. The van der Waals surface area contributed by atoms with Crippen LogP contribution in [0.1, 0.15) is 20.8 Å². The third-order valence-corrected chi connectivity index (χ3v) is 3.23. The Balaban J connectivity index is 2.41. The molecule has 0 radical (unpaired) electrons. The summed E-state index contributed by atoms with van der Waals surface area (Å²) in [6.45, 7) is 2.39. The number of carbonyl (C=O) groups excluding carboxylic acids is 1. The lowest BCUT2D eigenvalue weighted by Crippen LogP contribution is -2.50. The standard InChI is InChI=1S/C14H17F4N3O3/c1-12(2,3)24-11(22)21-8-13(23,14(16,17)18)7-20(21)10-9(15)5-4-6-19-10/h4-6,23H,7-8H2,1-3H3.